The normalized spacial score (nSPS) is 10.8. The molecule has 0 aliphatic carbocycles. The Kier molecular flexibility index (Phi) is 6.17. The summed E-state index contributed by atoms with van der Waals surface area (Å²) in [5.74, 6) is -0.516. The number of hydrogen-bond acceptors (Lipinski definition) is 5. The standard InChI is InChI=1S/C22H22N4O4/c1-14-12-17(15(2)26(14)19-8-4-16(5-9-19)21(27)28)13-23-25-22(29)24-18-6-10-20(30-3)11-7-18/h4-13H,1-3H3,(H,27,28)(H2,24,25,29)/p-1/b23-13-. The molecule has 30 heavy (non-hydrogen) atoms. The molecule has 3 aromatic rings. The number of carboxylic acids is 1. The number of carbonyl (C=O) groups excluding carboxylic acids is 2. The molecule has 0 spiro atoms. The molecule has 0 saturated heterocycles. The van der Waals surface area contributed by atoms with Gasteiger partial charge in [-0.05, 0) is 61.9 Å². The fourth-order valence-electron chi connectivity index (χ4n) is 3.06. The van der Waals surface area contributed by atoms with Crippen molar-refractivity contribution < 1.29 is 19.4 Å². The molecule has 8 nitrogen and oxygen atoms in total. The van der Waals surface area contributed by atoms with Crippen molar-refractivity contribution in [2.45, 2.75) is 13.8 Å². The fraction of sp³-hybridized carbons (Fsp3) is 0.136. The first-order valence-electron chi connectivity index (χ1n) is 9.14. The van der Waals surface area contributed by atoms with Crippen LogP contribution in [0, 0.1) is 13.8 Å². The van der Waals surface area contributed by atoms with E-state index in [1.54, 1.807) is 49.7 Å². The Morgan fingerprint density at radius 2 is 1.73 bits per heavy atom. The molecule has 0 bridgehead atoms. The third kappa shape index (κ3) is 4.67. The molecule has 3 rings (SSSR count). The number of ether oxygens (including phenoxy) is 1. The molecular formula is C22H21N4O4-. The van der Waals surface area contributed by atoms with Crippen LogP contribution in [0.15, 0.2) is 59.7 Å². The van der Waals surface area contributed by atoms with Crippen LogP contribution in [0.25, 0.3) is 5.69 Å². The smallest absolute Gasteiger partial charge is 0.339 e. The molecule has 1 heterocycles. The van der Waals surface area contributed by atoms with Crippen LogP contribution in [-0.2, 0) is 0 Å². The fourth-order valence-corrected chi connectivity index (χ4v) is 3.06. The summed E-state index contributed by atoms with van der Waals surface area (Å²) in [6.45, 7) is 3.85. The second kappa shape index (κ2) is 8.95. The lowest BCUT2D eigenvalue weighted by molar-refractivity contribution is -0.255. The molecule has 154 valence electrons. The molecule has 2 aromatic carbocycles. The van der Waals surface area contributed by atoms with Crippen LogP contribution in [0.1, 0.15) is 27.3 Å². The van der Waals surface area contributed by atoms with Crippen molar-refractivity contribution >= 4 is 23.9 Å². The lowest BCUT2D eigenvalue weighted by atomic mass is 10.2. The third-order valence-electron chi connectivity index (χ3n) is 4.55. The average molecular weight is 405 g/mol. The molecule has 8 heteroatoms. The number of urea groups is 1. The number of methoxy groups -OCH3 is 1. The number of carboxylic acid groups (broad SMARTS) is 1. The number of hydrogen-bond donors (Lipinski definition) is 2. The molecule has 0 saturated carbocycles. The van der Waals surface area contributed by atoms with Gasteiger partial charge < -0.3 is 24.5 Å². The zero-order valence-electron chi connectivity index (χ0n) is 16.8. The van der Waals surface area contributed by atoms with E-state index in [2.05, 4.69) is 15.8 Å². The van der Waals surface area contributed by atoms with Gasteiger partial charge in [-0.15, -0.1) is 0 Å². The highest BCUT2D eigenvalue weighted by Gasteiger charge is 2.10. The van der Waals surface area contributed by atoms with Crippen molar-refractivity contribution in [2.24, 2.45) is 5.10 Å². The Morgan fingerprint density at radius 1 is 1.07 bits per heavy atom. The van der Waals surface area contributed by atoms with E-state index >= 15 is 0 Å². The molecule has 0 atom stereocenters. The van der Waals surface area contributed by atoms with Crippen LogP contribution in [-0.4, -0.2) is 29.9 Å². The van der Waals surface area contributed by atoms with Crippen LogP contribution in [0.2, 0.25) is 0 Å². The van der Waals surface area contributed by atoms with E-state index in [9.17, 15) is 14.7 Å². The molecule has 0 radical (unpaired) electrons. The van der Waals surface area contributed by atoms with E-state index in [0.29, 0.717) is 11.4 Å². The van der Waals surface area contributed by atoms with Gasteiger partial charge in [0.05, 0.1) is 19.3 Å². The van der Waals surface area contributed by atoms with E-state index in [-0.39, 0.29) is 5.56 Å². The number of carbonyl (C=O) groups is 2. The van der Waals surface area contributed by atoms with E-state index < -0.39 is 12.0 Å². The Hall–Kier alpha value is -4.07. The van der Waals surface area contributed by atoms with Crippen molar-refractivity contribution in [3.63, 3.8) is 0 Å². The SMILES string of the molecule is COc1ccc(NC(=O)N/N=C\c2cc(C)n(-c3ccc(C(=O)[O-])cc3)c2C)cc1. The predicted octanol–water partition coefficient (Wildman–Crippen LogP) is 2.62. The molecule has 0 aliphatic heterocycles. The molecular weight excluding hydrogens is 384 g/mol. The van der Waals surface area contributed by atoms with Gasteiger partial charge in [-0.3, -0.25) is 0 Å². The monoisotopic (exact) mass is 405 g/mol. The van der Waals surface area contributed by atoms with Crippen LogP contribution in [0.3, 0.4) is 0 Å². The predicted molar refractivity (Wildman–Crippen MR) is 112 cm³/mol. The van der Waals surface area contributed by atoms with Crippen LogP contribution in [0.4, 0.5) is 10.5 Å². The lowest BCUT2D eigenvalue weighted by Gasteiger charge is -2.11. The molecule has 0 fully saturated rings. The summed E-state index contributed by atoms with van der Waals surface area (Å²) >= 11 is 0. The number of rotatable bonds is 6. The second-order valence-corrected chi connectivity index (χ2v) is 6.55. The Bertz CT molecular complexity index is 1080. The minimum absolute atomic E-state index is 0.120. The zero-order valence-corrected chi connectivity index (χ0v) is 16.8. The largest absolute Gasteiger partial charge is 0.545 e. The van der Waals surface area contributed by atoms with Gasteiger partial charge in [-0.2, -0.15) is 5.10 Å². The summed E-state index contributed by atoms with van der Waals surface area (Å²) in [6.07, 6.45) is 1.56. The summed E-state index contributed by atoms with van der Waals surface area (Å²) in [4.78, 5) is 22.9. The number of nitrogens with one attached hydrogen (secondary N) is 2. The topological polar surface area (TPSA) is 108 Å². The molecule has 2 N–H and O–H groups in total. The molecule has 2 amide bonds. The van der Waals surface area contributed by atoms with Gasteiger partial charge in [0.25, 0.3) is 0 Å². The van der Waals surface area contributed by atoms with Crippen LogP contribution in [0.5, 0.6) is 5.75 Å². The number of amides is 2. The molecule has 0 unspecified atom stereocenters. The summed E-state index contributed by atoms with van der Waals surface area (Å²) in [5.41, 5.74) is 6.64. The van der Waals surface area contributed by atoms with E-state index in [1.165, 1.54) is 12.1 Å². The van der Waals surface area contributed by atoms with Gasteiger partial charge in [0.15, 0.2) is 0 Å². The van der Waals surface area contributed by atoms with Crippen LogP contribution >= 0.6 is 0 Å². The van der Waals surface area contributed by atoms with Gasteiger partial charge in [0, 0.05) is 28.3 Å². The highest BCUT2D eigenvalue weighted by atomic mass is 16.5. The van der Waals surface area contributed by atoms with Crippen molar-refractivity contribution in [3.05, 3.63) is 77.1 Å². The van der Waals surface area contributed by atoms with Gasteiger partial charge >= 0.3 is 6.03 Å². The number of aromatic carboxylic acids is 1. The number of hydrazone groups is 1. The summed E-state index contributed by atoms with van der Waals surface area (Å²) in [5, 5.41) is 17.6. The van der Waals surface area contributed by atoms with Crippen molar-refractivity contribution in [1.82, 2.24) is 9.99 Å². The highest BCUT2D eigenvalue weighted by Crippen LogP contribution is 2.20. The first kappa shape index (κ1) is 20.7. The maximum Gasteiger partial charge on any atom is 0.339 e. The van der Waals surface area contributed by atoms with Gasteiger partial charge in [-0.25, -0.2) is 10.2 Å². The Balaban J connectivity index is 1.67. The van der Waals surface area contributed by atoms with Crippen molar-refractivity contribution in [2.75, 3.05) is 12.4 Å². The van der Waals surface area contributed by atoms with Crippen molar-refractivity contribution in [3.8, 4) is 11.4 Å². The zero-order chi connectivity index (χ0) is 21.7. The van der Waals surface area contributed by atoms with Gasteiger partial charge in [0.2, 0.25) is 0 Å². The number of nitrogens with zero attached hydrogens (tertiary/aromatic N) is 2. The first-order chi connectivity index (χ1) is 14.4. The maximum absolute atomic E-state index is 12.0. The number of aromatic nitrogens is 1. The minimum Gasteiger partial charge on any atom is -0.545 e. The van der Waals surface area contributed by atoms with E-state index in [0.717, 1.165) is 22.6 Å². The Labute approximate surface area is 173 Å². The van der Waals surface area contributed by atoms with Gasteiger partial charge in [-0.1, -0.05) is 12.1 Å². The summed E-state index contributed by atoms with van der Waals surface area (Å²) < 4.78 is 7.05. The lowest BCUT2D eigenvalue weighted by Crippen LogP contribution is -2.24. The Morgan fingerprint density at radius 3 is 2.33 bits per heavy atom. The summed E-state index contributed by atoms with van der Waals surface area (Å²) in [7, 11) is 1.57. The third-order valence-corrected chi connectivity index (χ3v) is 4.55. The molecule has 1 aromatic heterocycles. The summed E-state index contributed by atoms with van der Waals surface area (Å²) in [6, 6.07) is 14.8. The highest BCUT2D eigenvalue weighted by molar-refractivity contribution is 5.90. The second-order valence-electron chi connectivity index (χ2n) is 6.55. The van der Waals surface area contributed by atoms with Crippen molar-refractivity contribution in [1.29, 1.82) is 0 Å². The van der Waals surface area contributed by atoms with E-state index in [4.69, 9.17) is 4.74 Å². The average Bonchev–Trinajstić information content (AvgIpc) is 3.02. The number of anilines is 1. The van der Waals surface area contributed by atoms with E-state index in [1.807, 2.05) is 24.5 Å². The number of benzene rings is 2. The first-order valence-corrected chi connectivity index (χ1v) is 9.14. The van der Waals surface area contributed by atoms with Crippen LogP contribution < -0.4 is 20.6 Å². The quantitative estimate of drug-likeness (QED) is 0.485. The number of aryl methyl sites for hydroxylation is 1. The minimum atomic E-state index is -1.21. The maximum atomic E-state index is 12.0. The molecule has 0 aliphatic rings. The van der Waals surface area contributed by atoms with Gasteiger partial charge in [0.1, 0.15) is 5.75 Å².